The van der Waals surface area contributed by atoms with E-state index in [4.69, 9.17) is 27.9 Å². The number of alkyl halides is 2. The van der Waals surface area contributed by atoms with Crippen molar-refractivity contribution in [3.8, 4) is 0 Å². The number of H-pyrrole nitrogens is 1. The highest BCUT2D eigenvalue weighted by Crippen LogP contribution is 2.69. The highest BCUT2D eigenvalue weighted by molar-refractivity contribution is 6.51. The summed E-state index contributed by atoms with van der Waals surface area (Å²) >= 11 is 12.3. The third-order valence-corrected chi connectivity index (χ3v) is 4.80. The highest BCUT2D eigenvalue weighted by Gasteiger charge is 2.74. The average Bonchev–Trinajstić information content (AvgIpc) is 2.73. The standard InChI is InChI=1S/C11H12Cl2N2O4/c1-4-2-15(10(18)14-8(4)17)9-7-6(11(7,12)13)5(3-16)19-9/h2,5-7,9,16H,3H2,1H3,(H,14,17,18). The fraction of sp³-hybridized carbons (Fsp3) is 0.636. The number of aliphatic hydroxyl groups excluding tert-OH is 1. The minimum atomic E-state index is -1.00. The van der Waals surface area contributed by atoms with Gasteiger partial charge in [0.15, 0.2) is 0 Å². The molecule has 4 unspecified atom stereocenters. The lowest BCUT2D eigenvalue weighted by molar-refractivity contribution is -0.0532. The first-order chi connectivity index (χ1) is 8.87. The molecule has 19 heavy (non-hydrogen) atoms. The fourth-order valence-corrected chi connectivity index (χ4v) is 3.65. The molecule has 2 heterocycles. The lowest BCUT2D eigenvalue weighted by Gasteiger charge is -2.22. The Labute approximate surface area is 117 Å². The van der Waals surface area contributed by atoms with E-state index in [1.807, 2.05) is 0 Å². The molecule has 1 aromatic heterocycles. The van der Waals surface area contributed by atoms with Gasteiger partial charge >= 0.3 is 5.69 Å². The van der Waals surface area contributed by atoms with Crippen LogP contribution >= 0.6 is 23.2 Å². The van der Waals surface area contributed by atoms with Gasteiger partial charge in [-0.2, -0.15) is 0 Å². The quantitative estimate of drug-likeness (QED) is 0.762. The Morgan fingerprint density at radius 2 is 2.16 bits per heavy atom. The molecule has 1 saturated carbocycles. The molecule has 1 aliphatic heterocycles. The van der Waals surface area contributed by atoms with E-state index in [2.05, 4.69) is 4.98 Å². The molecule has 0 spiro atoms. The third-order valence-electron chi connectivity index (χ3n) is 3.79. The number of ether oxygens (including phenoxy) is 1. The first kappa shape index (κ1) is 13.2. The highest BCUT2D eigenvalue weighted by atomic mass is 35.5. The fourth-order valence-electron chi connectivity index (χ4n) is 2.74. The number of aliphatic hydroxyl groups is 1. The molecule has 0 aromatic carbocycles. The number of hydrogen-bond acceptors (Lipinski definition) is 4. The van der Waals surface area contributed by atoms with Gasteiger partial charge in [0.25, 0.3) is 5.56 Å². The first-order valence-corrected chi connectivity index (χ1v) is 6.59. The zero-order valence-corrected chi connectivity index (χ0v) is 11.5. The Bertz CT molecular complexity index is 638. The molecule has 2 fully saturated rings. The van der Waals surface area contributed by atoms with Gasteiger partial charge in [-0.1, -0.05) is 0 Å². The van der Waals surface area contributed by atoms with Gasteiger partial charge in [0.1, 0.15) is 10.6 Å². The number of aryl methyl sites for hydroxylation is 1. The van der Waals surface area contributed by atoms with Crippen LogP contribution in [0.25, 0.3) is 0 Å². The number of fused-ring (bicyclic) bond motifs is 1. The van der Waals surface area contributed by atoms with Crippen molar-refractivity contribution < 1.29 is 9.84 Å². The lowest BCUT2D eigenvalue weighted by atomic mass is 10.2. The summed E-state index contributed by atoms with van der Waals surface area (Å²) in [6, 6.07) is 0. The summed E-state index contributed by atoms with van der Waals surface area (Å²) in [7, 11) is 0. The summed E-state index contributed by atoms with van der Waals surface area (Å²) in [6.07, 6.45) is 0.259. The van der Waals surface area contributed by atoms with Crippen LogP contribution in [0.3, 0.4) is 0 Å². The van der Waals surface area contributed by atoms with Crippen LogP contribution in [0.4, 0.5) is 0 Å². The van der Waals surface area contributed by atoms with Crippen LogP contribution in [-0.4, -0.2) is 31.7 Å². The molecule has 0 amide bonds. The second-order valence-electron chi connectivity index (χ2n) is 4.95. The number of aromatic nitrogens is 2. The van der Waals surface area contributed by atoms with E-state index in [0.29, 0.717) is 5.56 Å². The van der Waals surface area contributed by atoms with Crippen LogP contribution in [0.1, 0.15) is 11.8 Å². The number of nitrogens with one attached hydrogen (secondary N) is 1. The van der Waals surface area contributed by atoms with Crippen LogP contribution < -0.4 is 11.2 Å². The summed E-state index contributed by atoms with van der Waals surface area (Å²) < 4.78 is 5.87. The zero-order chi connectivity index (χ0) is 13.9. The molecule has 1 aromatic rings. The summed E-state index contributed by atoms with van der Waals surface area (Å²) in [5.74, 6) is -0.471. The van der Waals surface area contributed by atoms with Crippen molar-refractivity contribution in [2.45, 2.75) is 23.6 Å². The van der Waals surface area contributed by atoms with Crippen molar-refractivity contribution in [1.82, 2.24) is 9.55 Å². The molecule has 1 aliphatic carbocycles. The van der Waals surface area contributed by atoms with Crippen molar-refractivity contribution in [3.63, 3.8) is 0 Å². The summed E-state index contributed by atoms with van der Waals surface area (Å²) in [5, 5.41) is 9.24. The minimum Gasteiger partial charge on any atom is -0.394 e. The zero-order valence-electron chi connectivity index (χ0n) is 9.97. The monoisotopic (exact) mass is 306 g/mol. The molecule has 6 nitrogen and oxygen atoms in total. The number of halogens is 2. The van der Waals surface area contributed by atoms with E-state index in [-0.39, 0.29) is 18.4 Å². The van der Waals surface area contributed by atoms with Crippen LogP contribution in [0.5, 0.6) is 0 Å². The SMILES string of the molecule is Cc1cn(C2OC(CO)C3C2C3(Cl)Cl)c(=O)[nH]c1=O. The normalized spacial score (nSPS) is 35.2. The molecular formula is C11H12Cl2N2O4. The Morgan fingerprint density at radius 3 is 2.74 bits per heavy atom. The molecule has 0 radical (unpaired) electrons. The van der Waals surface area contributed by atoms with Gasteiger partial charge in [0.05, 0.1) is 12.7 Å². The topological polar surface area (TPSA) is 84.3 Å². The maximum Gasteiger partial charge on any atom is 0.330 e. The van der Waals surface area contributed by atoms with E-state index in [9.17, 15) is 14.7 Å². The van der Waals surface area contributed by atoms with E-state index in [1.165, 1.54) is 10.8 Å². The van der Waals surface area contributed by atoms with Crippen molar-refractivity contribution in [2.75, 3.05) is 6.61 Å². The van der Waals surface area contributed by atoms with Crippen molar-refractivity contribution in [3.05, 3.63) is 32.6 Å². The summed E-state index contributed by atoms with van der Waals surface area (Å²) in [6.45, 7) is 1.38. The van der Waals surface area contributed by atoms with Crippen molar-refractivity contribution in [1.29, 1.82) is 0 Å². The van der Waals surface area contributed by atoms with Gasteiger partial charge in [-0.05, 0) is 6.92 Å². The van der Waals surface area contributed by atoms with E-state index >= 15 is 0 Å². The van der Waals surface area contributed by atoms with Gasteiger partial charge in [0, 0.05) is 23.6 Å². The third kappa shape index (κ3) is 1.78. The molecule has 8 heteroatoms. The van der Waals surface area contributed by atoms with Gasteiger partial charge in [-0.15, -0.1) is 23.2 Å². The van der Waals surface area contributed by atoms with Gasteiger partial charge in [-0.3, -0.25) is 14.3 Å². The Hall–Kier alpha value is -0.820. The van der Waals surface area contributed by atoms with E-state index in [1.54, 1.807) is 6.92 Å². The van der Waals surface area contributed by atoms with Crippen LogP contribution in [-0.2, 0) is 4.74 Å². The van der Waals surface area contributed by atoms with E-state index < -0.39 is 27.9 Å². The molecule has 2 N–H and O–H groups in total. The first-order valence-electron chi connectivity index (χ1n) is 5.84. The molecular weight excluding hydrogens is 295 g/mol. The number of rotatable bonds is 2. The van der Waals surface area contributed by atoms with Crippen molar-refractivity contribution in [2.24, 2.45) is 11.8 Å². The van der Waals surface area contributed by atoms with Gasteiger partial charge in [0.2, 0.25) is 0 Å². The number of nitrogens with zero attached hydrogens (tertiary/aromatic N) is 1. The van der Waals surface area contributed by atoms with Crippen molar-refractivity contribution >= 4 is 23.2 Å². The molecule has 1 saturated heterocycles. The summed E-state index contributed by atoms with van der Waals surface area (Å²) in [4.78, 5) is 25.4. The molecule has 0 bridgehead atoms. The minimum absolute atomic E-state index is 0.204. The lowest BCUT2D eigenvalue weighted by Crippen LogP contribution is -2.36. The van der Waals surface area contributed by atoms with Gasteiger partial charge < -0.3 is 9.84 Å². The molecule has 4 atom stereocenters. The summed E-state index contributed by atoms with van der Waals surface area (Å²) in [5.41, 5.74) is -0.620. The second-order valence-corrected chi connectivity index (χ2v) is 6.40. The maximum absolute atomic E-state index is 11.8. The predicted molar refractivity (Wildman–Crippen MR) is 68.5 cm³/mol. The van der Waals surface area contributed by atoms with Crippen LogP contribution in [0.2, 0.25) is 0 Å². The number of aromatic amines is 1. The smallest absolute Gasteiger partial charge is 0.330 e. The second kappa shape index (κ2) is 4.09. The maximum atomic E-state index is 11.8. The van der Waals surface area contributed by atoms with E-state index in [0.717, 1.165) is 0 Å². The Kier molecular flexibility index (Phi) is 2.83. The average molecular weight is 307 g/mol. The largest absolute Gasteiger partial charge is 0.394 e. The molecule has 3 rings (SSSR count). The Balaban J connectivity index is 2.03. The van der Waals surface area contributed by atoms with Gasteiger partial charge in [-0.25, -0.2) is 4.79 Å². The molecule has 2 aliphatic rings. The predicted octanol–water partition coefficient (Wildman–Crippen LogP) is 0.155. The molecule has 104 valence electrons. The number of hydrogen-bond donors (Lipinski definition) is 2. The Morgan fingerprint density at radius 1 is 1.47 bits per heavy atom. The van der Waals surface area contributed by atoms with Crippen LogP contribution in [0, 0.1) is 18.8 Å². The van der Waals surface area contributed by atoms with Crippen LogP contribution in [0.15, 0.2) is 15.8 Å².